The number of hydrogen-bond acceptors (Lipinski definition) is 6. The van der Waals surface area contributed by atoms with Crippen molar-refractivity contribution in [1.82, 2.24) is 4.98 Å². The minimum atomic E-state index is -0.387. The van der Waals surface area contributed by atoms with Gasteiger partial charge in [0.15, 0.2) is 5.82 Å². The lowest BCUT2D eigenvalue weighted by molar-refractivity contribution is -0.120. The number of hydrogen-bond donors (Lipinski definition) is 1. The third-order valence-corrected chi connectivity index (χ3v) is 4.99. The van der Waals surface area contributed by atoms with Gasteiger partial charge < -0.3 is 14.8 Å². The van der Waals surface area contributed by atoms with Crippen LogP contribution in [0.25, 0.3) is 0 Å². The van der Waals surface area contributed by atoms with Crippen LogP contribution in [0.3, 0.4) is 0 Å². The zero-order valence-electron chi connectivity index (χ0n) is 17.7. The first kappa shape index (κ1) is 21.0. The lowest BCUT2D eigenvalue weighted by atomic mass is 10.1. The lowest BCUT2D eigenvalue weighted by Gasteiger charge is -2.21. The fourth-order valence-corrected chi connectivity index (χ4v) is 3.42. The van der Waals surface area contributed by atoms with Crippen LogP contribution in [0.5, 0.6) is 11.5 Å². The number of amides is 2. The molecule has 2 heterocycles. The molecule has 1 aromatic heterocycles. The Morgan fingerprint density at radius 1 is 1.06 bits per heavy atom. The standard InChI is InChI=1S/C24H22N4O4/c1-31-17-10-11-18(21(13-17)32-2)27-22(29)15-28-23(30)14-20(16-7-4-3-5-8-16)26-19-9-6-12-25-24(19)28/h3-13H,14-15H2,1-2H3,(H,27,29). The molecule has 0 radical (unpaired) electrons. The molecule has 1 N–H and O–H groups in total. The Kier molecular flexibility index (Phi) is 6.12. The molecule has 8 heteroatoms. The molecule has 0 atom stereocenters. The van der Waals surface area contributed by atoms with Crippen LogP contribution in [0.1, 0.15) is 12.0 Å². The van der Waals surface area contributed by atoms with Crippen LogP contribution in [0, 0.1) is 0 Å². The highest BCUT2D eigenvalue weighted by Crippen LogP contribution is 2.32. The molecule has 1 aliphatic rings. The van der Waals surface area contributed by atoms with Gasteiger partial charge in [0, 0.05) is 12.3 Å². The second kappa shape index (κ2) is 9.30. The minimum Gasteiger partial charge on any atom is -0.497 e. The van der Waals surface area contributed by atoms with Gasteiger partial charge in [0.2, 0.25) is 11.8 Å². The largest absolute Gasteiger partial charge is 0.497 e. The van der Waals surface area contributed by atoms with E-state index >= 15 is 0 Å². The number of aromatic nitrogens is 1. The first-order valence-corrected chi connectivity index (χ1v) is 9.99. The van der Waals surface area contributed by atoms with Gasteiger partial charge in [-0.3, -0.25) is 14.5 Å². The molecule has 3 aromatic rings. The van der Waals surface area contributed by atoms with Crippen LogP contribution in [-0.2, 0) is 9.59 Å². The Labute approximate surface area is 185 Å². The van der Waals surface area contributed by atoms with Crippen molar-refractivity contribution in [2.45, 2.75) is 6.42 Å². The number of carbonyl (C=O) groups excluding carboxylic acids is 2. The fraction of sp³-hybridized carbons (Fsp3) is 0.167. The highest BCUT2D eigenvalue weighted by molar-refractivity contribution is 6.18. The van der Waals surface area contributed by atoms with Crippen LogP contribution in [0.4, 0.5) is 17.2 Å². The smallest absolute Gasteiger partial charge is 0.244 e. The van der Waals surface area contributed by atoms with Crippen molar-refractivity contribution in [1.29, 1.82) is 0 Å². The van der Waals surface area contributed by atoms with E-state index in [2.05, 4.69) is 15.3 Å². The summed E-state index contributed by atoms with van der Waals surface area (Å²) in [6.45, 7) is -0.213. The van der Waals surface area contributed by atoms with Gasteiger partial charge in [0.1, 0.15) is 23.7 Å². The number of ether oxygens (including phenoxy) is 2. The quantitative estimate of drug-likeness (QED) is 0.645. The molecule has 0 unspecified atom stereocenters. The molecule has 2 aromatic carbocycles. The second-order valence-corrected chi connectivity index (χ2v) is 7.04. The number of rotatable bonds is 6. The summed E-state index contributed by atoms with van der Waals surface area (Å²) in [4.78, 5) is 36.4. The number of benzene rings is 2. The Morgan fingerprint density at radius 2 is 1.88 bits per heavy atom. The topological polar surface area (TPSA) is 93.1 Å². The Balaban J connectivity index is 1.59. The molecule has 2 amide bonds. The van der Waals surface area contributed by atoms with Gasteiger partial charge in [-0.2, -0.15) is 0 Å². The number of nitrogens with one attached hydrogen (secondary N) is 1. The fourth-order valence-electron chi connectivity index (χ4n) is 3.42. The van der Waals surface area contributed by atoms with Crippen LogP contribution in [0.15, 0.2) is 71.9 Å². The zero-order chi connectivity index (χ0) is 22.5. The summed E-state index contributed by atoms with van der Waals surface area (Å²) in [7, 11) is 3.06. The van der Waals surface area contributed by atoms with E-state index < -0.39 is 0 Å². The Bertz CT molecular complexity index is 1180. The molecule has 0 saturated heterocycles. The average Bonchev–Trinajstić information content (AvgIpc) is 2.96. The van der Waals surface area contributed by atoms with E-state index in [4.69, 9.17) is 9.47 Å². The Morgan fingerprint density at radius 3 is 2.62 bits per heavy atom. The number of nitrogens with zero attached hydrogens (tertiary/aromatic N) is 3. The van der Waals surface area contributed by atoms with E-state index in [0.29, 0.717) is 34.4 Å². The van der Waals surface area contributed by atoms with Gasteiger partial charge in [-0.1, -0.05) is 30.3 Å². The molecule has 162 valence electrons. The lowest BCUT2D eigenvalue weighted by Crippen LogP contribution is -2.39. The summed E-state index contributed by atoms with van der Waals surface area (Å²) in [6.07, 6.45) is 1.63. The predicted molar refractivity (Wildman–Crippen MR) is 122 cm³/mol. The van der Waals surface area contributed by atoms with Crippen molar-refractivity contribution in [3.8, 4) is 11.5 Å². The molecular weight excluding hydrogens is 408 g/mol. The van der Waals surface area contributed by atoms with E-state index in [1.54, 1.807) is 43.6 Å². The molecule has 0 fully saturated rings. The summed E-state index contributed by atoms with van der Waals surface area (Å²) < 4.78 is 10.5. The maximum absolute atomic E-state index is 13.1. The van der Waals surface area contributed by atoms with Crippen molar-refractivity contribution in [3.05, 3.63) is 72.4 Å². The summed E-state index contributed by atoms with van der Waals surface area (Å²) in [5, 5.41) is 2.80. The molecular formula is C24H22N4O4. The van der Waals surface area contributed by atoms with E-state index in [0.717, 1.165) is 5.56 Å². The molecule has 0 saturated carbocycles. The number of carbonyl (C=O) groups is 2. The normalized spacial score (nSPS) is 13.0. The molecule has 1 aliphatic heterocycles. The third-order valence-electron chi connectivity index (χ3n) is 4.99. The summed E-state index contributed by atoms with van der Waals surface area (Å²) in [5.74, 6) is 0.753. The average molecular weight is 430 g/mol. The maximum Gasteiger partial charge on any atom is 0.244 e. The monoisotopic (exact) mass is 430 g/mol. The van der Waals surface area contributed by atoms with Gasteiger partial charge in [-0.25, -0.2) is 9.98 Å². The Hall–Kier alpha value is -4.20. The van der Waals surface area contributed by atoms with Crippen molar-refractivity contribution in [3.63, 3.8) is 0 Å². The van der Waals surface area contributed by atoms with E-state index in [-0.39, 0.29) is 24.8 Å². The maximum atomic E-state index is 13.1. The van der Waals surface area contributed by atoms with Crippen molar-refractivity contribution in [2.24, 2.45) is 4.99 Å². The summed E-state index contributed by atoms with van der Waals surface area (Å²) in [5.41, 5.74) is 2.49. The van der Waals surface area contributed by atoms with Crippen molar-refractivity contribution < 1.29 is 19.1 Å². The van der Waals surface area contributed by atoms with Crippen molar-refractivity contribution >= 4 is 34.7 Å². The van der Waals surface area contributed by atoms with Crippen LogP contribution < -0.4 is 19.7 Å². The second-order valence-electron chi connectivity index (χ2n) is 7.04. The molecule has 0 bridgehead atoms. The van der Waals surface area contributed by atoms with Crippen LogP contribution in [-0.4, -0.2) is 43.3 Å². The SMILES string of the molecule is COc1ccc(NC(=O)CN2C(=O)CC(c3ccccc3)=Nc3cccnc32)c(OC)c1. The van der Waals surface area contributed by atoms with Gasteiger partial charge >= 0.3 is 0 Å². The van der Waals surface area contributed by atoms with E-state index in [9.17, 15) is 9.59 Å². The highest BCUT2D eigenvalue weighted by atomic mass is 16.5. The van der Waals surface area contributed by atoms with Crippen LogP contribution >= 0.6 is 0 Å². The molecule has 0 aliphatic carbocycles. The number of fused-ring (bicyclic) bond motifs is 1. The predicted octanol–water partition coefficient (Wildman–Crippen LogP) is 3.60. The summed E-state index contributed by atoms with van der Waals surface area (Å²) >= 11 is 0. The number of aliphatic imine (C=N–C) groups is 1. The molecule has 32 heavy (non-hydrogen) atoms. The molecule has 8 nitrogen and oxygen atoms in total. The van der Waals surface area contributed by atoms with Gasteiger partial charge in [-0.15, -0.1) is 0 Å². The zero-order valence-corrected chi connectivity index (χ0v) is 17.7. The third kappa shape index (κ3) is 4.44. The van der Waals surface area contributed by atoms with Gasteiger partial charge in [-0.05, 0) is 29.8 Å². The van der Waals surface area contributed by atoms with E-state index in [1.807, 2.05) is 30.3 Å². The van der Waals surface area contributed by atoms with Crippen molar-refractivity contribution in [2.75, 3.05) is 31.0 Å². The number of pyridine rings is 1. The van der Waals surface area contributed by atoms with E-state index in [1.165, 1.54) is 12.0 Å². The first-order valence-electron chi connectivity index (χ1n) is 9.99. The number of anilines is 2. The van der Waals surface area contributed by atoms with Gasteiger partial charge in [0.25, 0.3) is 0 Å². The molecule has 0 spiro atoms. The summed E-state index contributed by atoms with van der Waals surface area (Å²) in [6, 6.07) is 18.1. The molecule has 4 rings (SSSR count). The van der Waals surface area contributed by atoms with Crippen LogP contribution in [0.2, 0.25) is 0 Å². The van der Waals surface area contributed by atoms with Gasteiger partial charge in [0.05, 0.1) is 32.0 Å². The highest BCUT2D eigenvalue weighted by Gasteiger charge is 2.28. The number of methoxy groups -OCH3 is 2. The minimum absolute atomic E-state index is 0.0551. The first-order chi connectivity index (χ1) is 15.6.